The Kier molecular flexibility index (Phi) is 7.34. The molecule has 11 heavy (non-hydrogen) atoms. The monoisotopic (exact) mass is 161 g/mol. The lowest BCUT2D eigenvalue weighted by Gasteiger charge is -1.99. The topological polar surface area (TPSA) is 61.5 Å². The number of nitrogens with two attached hydrogens (primary N) is 1. The third-order valence-electron chi connectivity index (χ3n) is 1.19. The van der Waals surface area contributed by atoms with Gasteiger partial charge in [-0.3, -0.25) is 9.63 Å². The van der Waals surface area contributed by atoms with Crippen LogP contribution < -0.4 is 5.90 Å². The van der Waals surface area contributed by atoms with E-state index in [2.05, 4.69) is 4.84 Å². The summed E-state index contributed by atoms with van der Waals surface area (Å²) >= 11 is 0. The second-order valence-corrected chi connectivity index (χ2v) is 2.15. The van der Waals surface area contributed by atoms with E-state index < -0.39 is 0 Å². The molecule has 0 heterocycles. The van der Waals surface area contributed by atoms with E-state index in [4.69, 9.17) is 10.6 Å². The minimum atomic E-state index is 0.00608. The first-order chi connectivity index (χ1) is 5.31. The Hall–Kier alpha value is -0.450. The third kappa shape index (κ3) is 7.45. The molecule has 0 spiro atoms. The van der Waals surface area contributed by atoms with Gasteiger partial charge in [0.25, 0.3) is 0 Å². The second kappa shape index (κ2) is 7.65. The summed E-state index contributed by atoms with van der Waals surface area (Å²) in [6.45, 7) is 3.26. The number of hydrogen-bond donors (Lipinski definition) is 1. The summed E-state index contributed by atoms with van der Waals surface area (Å²) in [5.74, 6) is 4.73. The van der Waals surface area contributed by atoms with Crippen LogP contribution >= 0.6 is 0 Å². The van der Waals surface area contributed by atoms with E-state index >= 15 is 0 Å². The molecular formula is C7H15NO3. The van der Waals surface area contributed by atoms with E-state index in [9.17, 15) is 4.79 Å². The molecule has 4 nitrogen and oxygen atoms in total. The number of hydrogen-bond acceptors (Lipinski definition) is 4. The van der Waals surface area contributed by atoms with Crippen molar-refractivity contribution in [2.24, 2.45) is 5.90 Å². The molecule has 0 atom stereocenters. The van der Waals surface area contributed by atoms with E-state index in [1.54, 1.807) is 0 Å². The quantitative estimate of drug-likeness (QED) is 0.430. The Morgan fingerprint density at radius 3 is 2.82 bits per heavy atom. The zero-order valence-corrected chi connectivity index (χ0v) is 6.84. The highest BCUT2D eigenvalue weighted by Crippen LogP contribution is 1.91. The van der Waals surface area contributed by atoms with Crippen LogP contribution in [0.1, 0.15) is 19.8 Å². The van der Waals surface area contributed by atoms with E-state index in [-0.39, 0.29) is 12.4 Å². The number of ketones is 1. The molecule has 0 radical (unpaired) electrons. The van der Waals surface area contributed by atoms with Gasteiger partial charge in [0.05, 0.1) is 0 Å². The average Bonchev–Trinajstić information content (AvgIpc) is 1.99. The highest BCUT2D eigenvalue weighted by atomic mass is 16.6. The van der Waals surface area contributed by atoms with Gasteiger partial charge in [-0.2, -0.15) is 0 Å². The number of rotatable bonds is 7. The standard InChI is InChI=1S/C7H15NO3/c1-2-10-5-3-4-7(9)6-11-8/h2-6,8H2,1H3. The minimum Gasteiger partial charge on any atom is -0.382 e. The maximum absolute atomic E-state index is 10.7. The second-order valence-electron chi connectivity index (χ2n) is 2.15. The van der Waals surface area contributed by atoms with E-state index in [1.165, 1.54) is 0 Å². The van der Waals surface area contributed by atoms with Gasteiger partial charge in [0.15, 0.2) is 5.78 Å². The van der Waals surface area contributed by atoms with Crippen molar-refractivity contribution in [3.63, 3.8) is 0 Å². The molecule has 0 fully saturated rings. The summed E-state index contributed by atoms with van der Waals surface area (Å²) in [5.41, 5.74) is 0. The van der Waals surface area contributed by atoms with Gasteiger partial charge in [-0.1, -0.05) is 0 Å². The van der Waals surface area contributed by atoms with Crippen LogP contribution in [0.25, 0.3) is 0 Å². The fourth-order valence-corrected chi connectivity index (χ4v) is 0.681. The van der Waals surface area contributed by atoms with Crippen molar-refractivity contribution in [3.8, 4) is 0 Å². The number of Topliss-reactive ketones (excluding diaryl/α,β-unsaturated/α-hetero) is 1. The Labute approximate surface area is 66.6 Å². The minimum absolute atomic E-state index is 0.00608. The molecule has 0 aliphatic rings. The van der Waals surface area contributed by atoms with Gasteiger partial charge in [0.1, 0.15) is 6.61 Å². The molecular weight excluding hydrogens is 146 g/mol. The number of carbonyl (C=O) groups excluding carboxylic acids is 1. The summed E-state index contributed by atoms with van der Waals surface area (Å²) in [4.78, 5) is 14.9. The molecule has 0 aromatic carbocycles. The molecule has 0 aliphatic carbocycles. The van der Waals surface area contributed by atoms with Crippen molar-refractivity contribution >= 4 is 5.78 Å². The highest BCUT2D eigenvalue weighted by molar-refractivity contribution is 5.79. The third-order valence-corrected chi connectivity index (χ3v) is 1.19. The first-order valence-corrected chi connectivity index (χ1v) is 3.72. The lowest BCUT2D eigenvalue weighted by Crippen LogP contribution is -2.12. The number of carbonyl (C=O) groups is 1. The van der Waals surface area contributed by atoms with E-state index in [1.807, 2.05) is 6.92 Å². The van der Waals surface area contributed by atoms with Gasteiger partial charge in [0, 0.05) is 19.6 Å². The maximum atomic E-state index is 10.7. The molecule has 0 saturated heterocycles. The van der Waals surface area contributed by atoms with Gasteiger partial charge in [-0.05, 0) is 13.3 Å². The van der Waals surface area contributed by atoms with Gasteiger partial charge in [0.2, 0.25) is 0 Å². The van der Waals surface area contributed by atoms with Gasteiger partial charge < -0.3 is 4.74 Å². The SMILES string of the molecule is CCOCCCC(=O)CON. The fraction of sp³-hybridized carbons (Fsp3) is 0.857. The molecule has 0 saturated carbocycles. The van der Waals surface area contributed by atoms with Crippen molar-refractivity contribution in [2.45, 2.75) is 19.8 Å². The molecule has 0 aromatic heterocycles. The predicted octanol–water partition coefficient (Wildman–Crippen LogP) is 0.263. The van der Waals surface area contributed by atoms with Crippen LogP contribution in [0, 0.1) is 0 Å². The summed E-state index contributed by atoms with van der Waals surface area (Å²) < 4.78 is 5.04. The van der Waals surface area contributed by atoms with Crippen LogP contribution in [0.3, 0.4) is 0 Å². The molecule has 0 unspecified atom stereocenters. The fourth-order valence-electron chi connectivity index (χ4n) is 0.681. The Balaban J connectivity index is 3.04. The first kappa shape index (κ1) is 10.6. The van der Waals surface area contributed by atoms with Crippen LogP contribution in [0.4, 0.5) is 0 Å². The Morgan fingerprint density at radius 1 is 1.55 bits per heavy atom. The van der Waals surface area contributed by atoms with Crippen molar-refractivity contribution < 1.29 is 14.4 Å². The van der Waals surface area contributed by atoms with Crippen LogP contribution in [-0.4, -0.2) is 25.6 Å². The zero-order valence-electron chi connectivity index (χ0n) is 6.84. The average molecular weight is 161 g/mol. The van der Waals surface area contributed by atoms with Gasteiger partial charge >= 0.3 is 0 Å². The highest BCUT2D eigenvalue weighted by Gasteiger charge is 1.99. The first-order valence-electron chi connectivity index (χ1n) is 3.72. The normalized spacial score (nSPS) is 10.0. The summed E-state index contributed by atoms with van der Waals surface area (Å²) in [6.07, 6.45) is 1.23. The smallest absolute Gasteiger partial charge is 0.160 e. The lowest BCUT2D eigenvalue weighted by atomic mass is 10.2. The van der Waals surface area contributed by atoms with Gasteiger partial charge in [-0.15, -0.1) is 0 Å². The van der Waals surface area contributed by atoms with Gasteiger partial charge in [-0.25, -0.2) is 5.90 Å². The molecule has 2 N–H and O–H groups in total. The van der Waals surface area contributed by atoms with Crippen LogP contribution in [-0.2, 0) is 14.4 Å². The molecule has 4 heteroatoms. The molecule has 0 aromatic rings. The van der Waals surface area contributed by atoms with Crippen molar-refractivity contribution in [1.82, 2.24) is 0 Å². The van der Waals surface area contributed by atoms with Crippen LogP contribution in [0.15, 0.2) is 0 Å². The number of ether oxygens (including phenoxy) is 1. The van der Waals surface area contributed by atoms with E-state index in [0.29, 0.717) is 19.6 Å². The van der Waals surface area contributed by atoms with Crippen LogP contribution in [0.5, 0.6) is 0 Å². The predicted molar refractivity (Wildman–Crippen MR) is 40.9 cm³/mol. The van der Waals surface area contributed by atoms with Crippen molar-refractivity contribution in [3.05, 3.63) is 0 Å². The summed E-state index contributed by atoms with van der Waals surface area (Å²) in [5, 5.41) is 0. The largest absolute Gasteiger partial charge is 0.382 e. The maximum Gasteiger partial charge on any atom is 0.160 e. The molecule has 66 valence electrons. The molecule has 0 amide bonds. The van der Waals surface area contributed by atoms with Crippen LogP contribution in [0.2, 0.25) is 0 Å². The van der Waals surface area contributed by atoms with Crippen molar-refractivity contribution in [1.29, 1.82) is 0 Å². The molecule has 0 bridgehead atoms. The van der Waals surface area contributed by atoms with Crippen molar-refractivity contribution in [2.75, 3.05) is 19.8 Å². The Morgan fingerprint density at radius 2 is 2.27 bits per heavy atom. The molecule has 0 rings (SSSR count). The lowest BCUT2D eigenvalue weighted by molar-refractivity contribution is -0.124. The summed E-state index contributed by atoms with van der Waals surface area (Å²) in [6, 6.07) is 0. The van der Waals surface area contributed by atoms with E-state index in [0.717, 1.165) is 6.42 Å². The Bertz CT molecular complexity index is 106. The summed E-state index contributed by atoms with van der Waals surface area (Å²) in [7, 11) is 0. The molecule has 0 aliphatic heterocycles. The zero-order chi connectivity index (χ0) is 8.53.